The van der Waals surface area contributed by atoms with Gasteiger partial charge in [-0.2, -0.15) is 0 Å². The Balaban J connectivity index is 1.55. The third kappa shape index (κ3) is 4.86. The summed E-state index contributed by atoms with van der Waals surface area (Å²) >= 11 is 0. The van der Waals surface area contributed by atoms with Crippen LogP contribution >= 0.6 is 0 Å². The Kier molecular flexibility index (Phi) is 6.49. The summed E-state index contributed by atoms with van der Waals surface area (Å²) in [6, 6.07) is 17.3. The number of hydrogen-bond donors (Lipinski definition) is 1. The van der Waals surface area contributed by atoms with Gasteiger partial charge in [0.2, 0.25) is 0 Å². The van der Waals surface area contributed by atoms with Crippen LogP contribution in [-0.2, 0) is 4.74 Å². The van der Waals surface area contributed by atoms with Gasteiger partial charge in [-0.15, -0.1) is 0 Å². The molecule has 1 N–H and O–H groups in total. The number of hydrogen-bond acceptors (Lipinski definition) is 5. The number of rotatable bonds is 6. The zero-order chi connectivity index (χ0) is 21.8. The van der Waals surface area contributed by atoms with Crippen molar-refractivity contribution in [2.45, 2.75) is 25.8 Å². The second kappa shape index (κ2) is 9.45. The van der Waals surface area contributed by atoms with E-state index >= 15 is 0 Å². The Morgan fingerprint density at radius 3 is 2.42 bits per heavy atom. The molecule has 31 heavy (non-hydrogen) atoms. The van der Waals surface area contributed by atoms with E-state index in [2.05, 4.69) is 48.3 Å². The summed E-state index contributed by atoms with van der Waals surface area (Å²) in [7, 11) is 0. The molecule has 0 saturated carbocycles. The number of benzene rings is 2. The smallest absolute Gasteiger partial charge is 0.349 e. The van der Waals surface area contributed by atoms with Gasteiger partial charge in [0.1, 0.15) is 11.1 Å². The first-order chi connectivity index (χ1) is 15.0. The largest absolute Gasteiger partial charge is 0.422 e. The van der Waals surface area contributed by atoms with Crippen LogP contribution in [0.2, 0.25) is 0 Å². The molecule has 1 aliphatic rings. The Morgan fingerprint density at radius 1 is 1.03 bits per heavy atom. The lowest BCUT2D eigenvalue weighted by atomic mass is 9.98. The minimum atomic E-state index is -0.625. The van der Waals surface area contributed by atoms with Crippen LogP contribution in [0.4, 0.5) is 0 Å². The molecule has 1 atom stereocenters. The number of amides is 1. The van der Waals surface area contributed by atoms with Crippen LogP contribution in [0.1, 0.15) is 47.3 Å². The van der Waals surface area contributed by atoms with Gasteiger partial charge in [-0.3, -0.25) is 9.69 Å². The van der Waals surface area contributed by atoms with Crippen molar-refractivity contribution in [3.05, 3.63) is 81.7 Å². The summed E-state index contributed by atoms with van der Waals surface area (Å²) in [5, 5.41) is 3.68. The molecular weight excluding hydrogens is 392 g/mol. The third-order valence-electron chi connectivity index (χ3n) is 5.82. The quantitative estimate of drug-likeness (QED) is 0.616. The van der Waals surface area contributed by atoms with Crippen molar-refractivity contribution in [2.75, 3.05) is 32.8 Å². The van der Waals surface area contributed by atoms with Crippen molar-refractivity contribution < 1.29 is 13.9 Å². The van der Waals surface area contributed by atoms with E-state index < -0.39 is 11.5 Å². The van der Waals surface area contributed by atoms with E-state index in [4.69, 9.17) is 9.15 Å². The highest BCUT2D eigenvalue weighted by Gasteiger charge is 2.24. The number of carbonyl (C=O) groups is 1. The maximum absolute atomic E-state index is 12.9. The predicted molar refractivity (Wildman–Crippen MR) is 120 cm³/mol. The third-order valence-corrected chi connectivity index (χ3v) is 5.82. The summed E-state index contributed by atoms with van der Waals surface area (Å²) in [5.74, 6) is 0.0410. The number of nitrogens with one attached hydrogen (secondary N) is 1. The Morgan fingerprint density at radius 2 is 1.71 bits per heavy atom. The van der Waals surface area contributed by atoms with Crippen molar-refractivity contribution in [2.24, 2.45) is 0 Å². The molecular formula is C25H28N2O4. The van der Waals surface area contributed by atoms with E-state index in [1.807, 2.05) is 12.1 Å². The molecule has 1 saturated heterocycles. The zero-order valence-corrected chi connectivity index (χ0v) is 18.0. The average Bonchev–Trinajstić information content (AvgIpc) is 2.79. The predicted octanol–water partition coefficient (Wildman–Crippen LogP) is 3.72. The van der Waals surface area contributed by atoms with Crippen molar-refractivity contribution in [1.29, 1.82) is 0 Å². The molecule has 1 aromatic heterocycles. The molecule has 1 aliphatic heterocycles. The van der Waals surface area contributed by atoms with Crippen molar-refractivity contribution in [3.63, 3.8) is 0 Å². The summed E-state index contributed by atoms with van der Waals surface area (Å²) in [5.41, 5.74) is 2.29. The summed E-state index contributed by atoms with van der Waals surface area (Å²) in [6.07, 6.45) is 0. The van der Waals surface area contributed by atoms with E-state index in [0.29, 0.717) is 31.3 Å². The van der Waals surface area contributed by atoms with E-state index in [9.17, 15) is 9.59 Å². The second-order valence-electron chi connectivity index (χ2n) is 8.18. The number of para-hydroxylation sites is 1. The lowest BCUT2D eigenvalue weighted by Gasteiger charge is -2.35. The monoisotopic (exact) mass is 420 g/mol. The number of morpholine rings is 1. The number of fused-ring (bicyclic) bond motifs is 1. The number of carbonyl (C=O) groups excluding carboxylic acids is 1. The highest BCUT2D eigenvalue weighted by molar-refractivity contribution is 5.96. The molecule has 6 heteroatoms. The van der Waals surface area contributed by atoms with Gasteiger partial charge in [0.05, 0.1) is 19.3 Å². The lowest BCUT2D eigenvalue weighted by Crippen LogP contribution is -2.44. The van der Waals surface area contributed by atoms with Crippen LogP contribution in [0.3, 0.4) is 0 Å². The molecule has 0 bridgehead atoms. The van der Waals surface area contributed by atoms with E-state index in [0.717, 1.165) is 24.0 Å². The highest BCUT2D eigenvalue weighted by Crippen LogP contribution is 2.24. The highest BCUT2D eigenvalue weighted by atomic mass is 16.5. The van der Waals surface area contributed by atoms with E-state index in [1.54, 1.807) is 18.2 Å². The maximum Gasteiger partial charge on any atom is 0.349 e. The van der Waals surface area contributed by atoms with Gasteiger partial charge in [-0.1, -0.05) is 56.3 Å². The van der Waals surface area contributed by atoms with Gasteiger partial charge in [0.25, 0.3) is 5.91 Å². The van der Waals surface area contributed by atoms with Crippen LogP contribution in [0.25, 0.3) is 11.0 Å². The van der Waals surface area contributed by atoms with Crippen LogP contribution in [0.5, 0.6) is 0 Å². The molecule has 2 heterocycles. The van der Waals surface area contributed by atoms with Crippen molar-refractivity contribution in [1.82, 2.24) is 10.2 Å². The molecule has 1 amide bonds. The lowest BCUT2D eigenvalue weighted by molar-refractivity contribution is 0.0162. The molecule has 162 valence electrons. The fourth-order valence-electron chi connectivity index (χ4n) is 3.95. The van der Waals surface area contributed by atoms with Crippen LogP contribution in [-0.4, -0.2) is 43.7 Å². The SMILES string of the molecule is CC(C)c1ccc([C@@H](CNC(=O)c2cc3ccccc3oc2=O)N2CCOCC2)cc1. The molecule has 0 aliphatic carbocycles. The van der Waals surface area contributed by atoms with Gasteiger partial charge in [0.15, 0.2) is 0 Å². The summed E-state index contributed by atoms with van der Waals surface area (Å²) < 4.78 is 10.8. The molecule has 0 unspecified atom stereocenters. The van der Waals surface area contributed by atoms with E-state index in [-0.39, 0.29) is 11.6 Å². The van der Waals surface area contributed by atoms with Crippen molar-refractivity contribution >= 4 is 16.9 Å². The fraction of sp³-hybridized carbons (Fsp3) is 0.360. The second-order valence-corrected chi connectivity index (χ2v) is 8.18. The first-order valence-corrected chi connectivity index (χ1v) is 10.8. The molecule has 0 spiro atoms. The minimum absolute atomic E-state index is 0.00144. The number of nitrogens with zero attached hydrogens (tertiary/aromatic N) is 1. The van der Waals surface area contributed by atoms with Gasteiger partial charge < -0.3 is 14.5 Å². The number of ether oxygens (including phenoxy) is 1. The zero-order valence-electron chi connectivity index (χ0n) is 18.0. The topological polar surface area (TPSA) is 71.8 Å². The van der Waals surface area contributed by atoms with Gasteiger partial charge in [-0.05, 0) is 29.2 Å². The van der Waals surface area contributed by atoms with Crippen LogP contribution < -0.4 is 10.9 Å². The van der Waals surface area contributed by atoms with Crippen LogP contribution in [0, 0.1) is 0 Å². The Bertz CT molecular complexity index is 1100. The summed E-state index contributed by atoms with van der Waals surface area (Å²) in [6.45, 7) is 7.67. The normalized spacial score (nSPS) is 15.8. The summed E-state index contributed by atoms with van der Waals surface area (Å²) in [4.78, 5) is 27.5. The van der Waals surface area contributed by atoms with Gasteiger partial charge >= 0.3 is 5.63 Å². The van der Waals surface area contributed by atoms with E-state index in [1.165, 1.54) is 5.56 Å². The molecule has 1 fully saturated rings. The molecule has 6 nitrogen and oxygen atoms in total. The van der Waals surface area contributed by atoms with Gasteiger partial charge in [-0.25, -0.2) is 4.79 Å². The standard InChI is InChI=1S/C25H28N2O4/c1-17(2)18-7-9-19(10-8-18)22(27-11-13-30-14-12-27)16-26-24(28)21-15-20-5-3-4-6-23(20)31-25(21)29/h3-10,15,17,22H,11-14,16H2,1-2H3,(H,26,28)/t22-/m1/s1. The molecule has 0 radical (unpaired) electrons. The van der Waals surface area contributed by atoms with Crippen LogP contribution in [0.15, 0.2) is 63.8 Å². The first kappa shape index (κ1) is 21.3. The van der Waals surface area contributed by atoms with Gasteiger partial charge in [0, 0.05) is 25.0 Å². The molecule has 2 aromatic carbocycles. The molecule has 3 aromatic rings. The maximum atomic E-state index is 12.9. The Hall–Kier alpha value is -2.96. The minimum Gasteiger partial charge on any atom is -0.422 e. The van der Waals surface area contributed by atoms with Crippen molar-refractivity contribution in [3.8, 4) is 0 Å². The average molecular weight is 421 g/mol. The fourth-order valence-corrected chi connectivity index (χ4v) is 3.95. The Labute approximate surface area is 181 Å². The first-order valence-electron chi connectivity index (χ1n) is 10.8. The molecule has 4 rings (SSSR count).